The van der Waals surface area contributed by atoms with Crippen molar-refractivity contribution in [3.8, 4) is 0 Å². The first-order chi connectivity index (χ1) is 6.60. The monoisotopic (exact) mass is 218 g/mol. The van der Waals surface area contributed by atoms with Gasteiger partial charge in [0.05, 0.1) is 11.8 Å². The van der Waals surface area contributed by atoms with Crippen molar-refractivity contribution in [2.45, 2.75) is 24.5 Å². The fourth-order valence-electron chi connectivity index (χ4n) is 1.57. The maximum Gasteiger partial charge on any atom is 0.235 e. The third kappa shape index (κ3) is 1.90. The molecule has 0 aromatic heterocycles. The molecule has 1 amide bonds. The van der Waals surface area contributed by atoms with E-state index in [1.807, 2.05) is 0 Å². The molecular formula is C8H14N2O3S. The summed E-state index contributed by atoms with van der Waals surface area (Å²) in [7, 11) is -3.17. The van der Waals surface area contributed by atoms with E-state index in [9.17, 15) is 13.2 Å². The molecule has 1 heterocycles. The Morgan fingerprint density at radius 3 is 2.71 bits per heavy atom. The van der Waals surface area contributed by atoms with Crippen LogP contribution < -0.4 is 5.32 Å². The number of sulfonamides is 1. The molecule has 0 radical (unpaired) electrons. The number of nitrogens with zero attached hydrogens (tertiary/aromatic N) is 1. The van der Waals surface area contributed by atoms with Crippen molar-refractivity contribution in [1.29, 1.82) is 0 Å². The molecule has 14 heavy (non-hydrogen) atoms. The molecule has 2 fully saturated rings. The molecule has 2 aliphatic rings. The Bertz CT molecular complexity index is 334. The van der Waals surface area contributed by atoms with Crippen molar-refractivity contribution in [3.63, 3.8) is 0 Å². The summed E-state index contributed by atoms with van der Waals surface area (Å²) in [5.74, 6) is -0.188. The van der Waals surface area contributed by atoms with Crippen LogP contribution in [0, 0.1) is 0 Å². The molecule has 5 nitrogen and oxygen atoms in total. The molecule has 1 N–H and O–H groups in total. The minimum Gasteiger partial charge on any atom is -0.355 e. The van der Waals surface area contributed by atoms with Gasteiger partial charge in [0, 0.05) is 13.1 Å². The van der Waals surface area contributed by atoms with E-state index in [4.69, 9.17) is 0 Å². The molecule has 0 spiro atoms. The first kappa shape index (κ1) is 9.92. The van der Waals surface area contributed by atoms with E-state index in [1.54, 1.807) is 0 Å². The Hall–Kier alpha value is -0.620. The average Bonchev–Trinajstić information content (AvgIpc) is 2.89. The van der Waals surface area contributed by atoms with Gasteiger partial charge in [0.15, 0.2) is 0 Å². The van der Waals surface area contributed by atoms with Crippen LogP contribution in [-0.2, 0) is 14.8 Å². The van der Waals surface area contributed by atoms with Crippen LogP contribution in [0.1, 0.15) is 19.3 Å². The van der Waals surface area contributed by atoms with Crippen molar-refractivity contribution >= 4 is 15.9 Å². The molecule has 0 aromatic rings. The van der Waals surface area contributed by atoms with Gasteiger partial charge in [-0.15, -0.1) is 0 Å². The van der Waals surface area contributed by atoms with Gasteiger partial charge < -0.3 is 5.32 Å². The second-order valence-electron chi connectivity index (χ2n) is 3.78. The van der Waals surface area contributed by atoms with Crippen molar-refractivity contribution in [3.05, 3.63) is 0 Å². The number of nitrogens with one attached hydrogen (secondary N) is 1. The lowest BCUT2D eigenvalue weighted by Gasteiger charge is -2.17. The van der Waals surface area contributed by atoms with Gasteiger partial charge in [-0.25, -0.2) is 8.42 Å². The van der Waals surface area contributed by atoms with E-state index >= 15 is 0 Å². The maximum atomic E-state index is 11.8. The minimum atomic E-state index is -3.17. The van der Waals surface area contributed by atoms with Crippen LogP contribution in [0.25, 0.3) is 0 Å². The molecule has 1 saturated heterocycles. The van der Waals surface area contributed by atoms with Crippen LogP contribution in [0.5, 0.6) is 0 Å². The predicted octanol–water partition coefficient (Wildman–Crippen LogP) is -0.699. The van der Waals surface area contributed by atoms with Crippen molar-refractivity contribution in [1.82, 2.24) is 9.62 Å². The first-order valence-electron chi connectivity index (χ1n) is 4.86. The fraction of sp³-hybridized carbons (Fsp3) is 0.875. The number of rotatable bonds is 2. The molecule has 1 saturated carbocycles. The van der Waals surface area contributed by atoms with E-state index < -0.39 is 10.0 Å². The summed E-state index contributed by atoms with van der Waals surface area (Å²) < 4.78 is 24.9. The first-order valence-corrected chi connectivity index (χ1v) is 6.37. The van der Waals surface area contributed by atoms with Gasteiger partial charge >= 0.3 is 0 Å². The number of hydrogen-bond acceptors (Lipinski definition) is 3. The summed E-state index contributed by atoms with van der Waals surface area (Å²) in [5.41, 5.74) is 0. The summed E-state index contributed by atoms with van der Waals surface area (Å²) in [4.78, 5) is 11.2. The Morgan fingerprint density at radius 2 is 2.07 bits per heavy atom. The Labute approximate surface area is 83.5 Å². The smallest absolute Gasteiger partial charge is 0.235 e. The van der Waals surface area contributed by atoms with Crippen molar-refractivity contribution < 1.29 is 13.2 Å². The van der Waals surface area contributed by atoms with Gasteiger partial charge in [-0.3, -0.25) is 4.79 Å². The average molecular weight is 218 g/mol. The van der Waals surface area contributed by atoms with E-state index in [0.717, 1.165) is 12.8 Å². The standard InChI is InChI=1S/C8H14N2O3S/c11-8-6-10(5-1-4-9-8)14(12,13)7-2-3-7/h7H,1-6H2,(H,9,11). The molecule has 2 rings (SSSR count). The molecular weight excluding hydrogens is 204 g/mol. The number of hydrogen-bond donors (Lipinski definition) is 1. The van der Waals surface area contributed by atoms with Gasteiger partial charge in [-0.1, -0.05) is 0 Å². The highest BCUT2D eigenvalue weighted by molar-refractivity contribution is 7.90. The van der Waals surface area contributed by atoms with Gasteiger partial charge in [-0.2, -0.15) is 4.31 Å². The highest BCUT2D eigenvalue weighted by atomic mass is 32.2. The lowest BCUT2D eigenvalue weighted by molar-refractivity contribution is -0.120. The van der Waals surface area contributed by atoms with Gasteiger partial charge in [0.25, 0.3) is 0 Å². The topological polar surface area (TPSA) is 66.5 Å². The lowest BCUT2D eigenvalue weighted by atomic mass is 10.4. The van der Waals surface area contributed by atoms with Gasteiger partial charge in [-0.05, 0) is 19.3 Å². The van der Waals surface area contributed by atoms with Gasteiger partial charge in [0.2, 0.25) is 15.9 Å². The van der Waals surface area contributed by atoms with Crippen LogP contribution in [0.3, 0.4) is 0 Å². The Morgan fingerprint density at radius 1 is 1.36 bits per heavy atom. The fourth-order valence-corrected chi connectivity index (χ4v) is 3.41. The lowest BCUT2D eigenvalue weighted by Crippen LogP contribution is -2.39. The summed E-state index contributed by atoms with van der Waals surface area (Å²) in [6.45, 7) is 1.05. The van der Waals surface area contributed by atoms with E-state index in [0.29, 0.717) is 19.5 Å². The van der Waals surface area contributed by atoms with Crippen LogP contribution in [0.2, 0.25) is 0 Å². The van der Waals surface area contributed by atoms with Gasteiger partial charge in [0.1, 0.15) is 0 Å². The summed E-state index contributed by atoms with van der Waals surface area (Å²) in [5, 5.41) is 2.45. The molecule has 0 aromatic carbocycles. The highest BCUT2D eigenvalue weighted by Crippen LogP contribution is 2.31. The second kappa shape index (κ2) is 3.51. The quantitative estimate of drug-likeness (QED) is 0.666. The SMILES string of the molecule is O=C1CN(S(=O)(=O)C2CC2)CCCN1. The summed E-state index contributed by atoms with van der Waals surface area (Å²) in [6.07, 6.45) is 2.21. The molecule has 0 atom stereocenters. The molecule has 1 aliphatic heterocycles. The van der Waals surface area contributed by atoms with E-state index in [1.165, 1.54) is 4.31 Å². The van der Waals surface area contributed by atoms with Crippen LogP contribution in [0.15, 0.2) is 0 Å². The normalized spacial score (nSPS) is 25.6. The summed E-state index contributed by atoms with van der Waals surface area (Å²) in [6, 6.07) is 0. The molecule has 0 unspecified atom stereocenters. The zero-order chi connectivity index (χ0) is 10.2. The molecule has 0 bridgehead atoms. The second-order valence-corrected chi connectivity index (χ2v) is 5.99. The largest absolute Gasteiger partial charge is 0.355 e. The molecule has 1 aliphatic carbocycles. The van der Waals surface area contributed by atoms with Crippen LogP contribution >= 0.6 is 0 Å². The van der Waals surface area contributed by atoms with Crippen molar-refractivity contribution in [2.24, 2.45) is 0 Å². The van der Waals surface area contributed by atoms with Crippen LogP contribution in [0.4, 0.5) is 0 Å². The molecule has 80 valence electrons. The third-order valence-corrected chi connectivity index (χ3v) is 4.88. The van der Waals surface area contributed by atoms with E-state index in [2.05, 4.69) is 5.32 Å². The Balaban J connectivity index is 2.11. The molecule has 6 heteroatoms. The maximum absolute atomic E-state index is 11.8. The highest BCUT2D eigenvalue weighted by Gasteiger charge is 2.40. The predicted molar refractivity (Wildman–Crippen MR) is 51.1 cm³/mol. The number of carbonyl (C=O) groups excluding carboxylic acids is 1. The van der Waals surface area contributed by atoms with Crippen molar-refractivity contribution in [2.75, 3.05) is 19.6 Å². The third-order valence-electron chi connectivity index (χ3n) is 2.53. The summed E-state index contributed by atoms with van der Waals surface area (Å²) >= 11 is 0. The zero-order valence-electron chi connectivity index (χ0n) is 7.90. The number of carbonyl (C=O) groups is 1. The minimum absolute atomic E-state index is 0.00116. The zero-order valence-corrected chi connectivity index (χ0v) is 8.72. The Kier molecular flexibility index (Phi) is 2.48. The van der Waals surface area contributed by atoms with E-state index in [-0.39, 0.29) is 17.7 Å². The number of amides is 1. The van der Waals surface area contributed by atoms with Crippen LogP contribution in [-0.4, -0.2) is 43.5 Å².